The van der Waals surface area contributed by atoms with Crippen molar-refractivity contribution in [2.24, 2.45) is 0 Å². The number of hydrogen-bond acceptors (Lipinski definition) is 3. The number of aryl methyl sites for hydroxylation is 1. The second-order valence-corrected chi connectivity index (χ2v) is 5.04. The SMILES string of the molecule is Cc1c(Cl)nn2c(-c3ccccc3Cl)nnc2c1C. The molecule has 0 N–H and O–H groups in total. The summed E-state index contributed by atoms with van der Waals surface area (Å²) in [7, 11) is 0. The Morgan fingerprint density at radius 3 is 2.47 bits per heavy atom. The van der Waals surface area contributed by atoms with Crippen LogP contribution in [0.1, 0.15) is 11.1 Å². The number of nitrogens with zero attached hydrogens (tertiary/aromatic N) is 4. The van der Waals surface area contributed by atoms with Crippen molar-refractivity contribution in [3.8, 4) is 11.4 Å². The summed E-state index contributed by atoms with van der Waals surface area (Å²) in [5.41, 5.74) is 3.35. The second kappa shape index (κ2) is 4.47. The molecule has 0 fully saturated rings. The molecule has 0 unspecified atom stereocenters. The Bertz CT molecular complexity index is 780. The van der Waals surface area contributed by atoms with Crippen LogP contribution in [0.3, 0.4) is 0 Å². The van der Waals surface area contributed by atoms with Gasteiger partial charge in [0.15, 0.2) is 16.6 Å². The number of halogens is 2. The highest BCUT2D eigenvalue weighted by Gasteiger charge is 2.16. The molecule has 0 bridgehead atoms. The van der Waals surface area contributed by atoms with Crippen LogP contribution in [0.15, 0.2) is 24.3 Å². The van der Waals surface area contributed by atoms with E-state index in [4.69, 9.17) is 23.2 Å². The summed E-state index contributed by atoms with van der Waals surface area (Å²) in [6.07, 6.45) is 0. The molecule has 0 aliphatic rings. The summed E-state index contributed by atoms with van der Waals surface area (Å²) in [5, 5.41) is 13.7. The molecule has 0 saturated heterocycles. The van der Waals surface area contributed by atoms with Gasteiger partial charge >= 0.3 is 0 Å². The lowest BCUT2D eigenvalue weighted by atomic mass is 10.2. The molecule has 0 spiro atoms. The first-order valence-corrected chi connectivity index (χ1v) is 6.48. The van der Waals surface area contributed by atoms with Gasteiger partial charge in [0.25, 0.3) is 0 Å². The normalized spacial score (nSPS) is 11.2. The smallest absolute Gasteiger partial charge is 0.186 e. The van der Waals surface area contributed by atoms with Crippen LogP contribution in [-0.2, 0) is 0 Å². The molecule has 0 saturated carbocycles. The van der Waals surface area contributed by atoms with Crippen LogP contribution < -0.4 is 0 Å². The topological polar surface area (TPSA) is 43.1 Å². The summed E-state index contributed by atoms with van der Waals surface area (Å²) in [6.45, 7) is 3.86. The van der Waals surface area contributed by atoms with Gasteiger partial charge in [-0.15, -0.1) is 10.2 Å². The van der Waals surface area contributed by atoms with Gasteiger partial charge in [-0.05, 0) is 31.5 Å². The molecule has 3 rings (SSSR count). The summed E-state index contributed by atoms with van der Waals surface area (Å²) in [4.78, 5) is 0. The standard InChI is InChI=1S/C13H10Cl2N4/c1-7-8(2)12-16-17-13(19(12)18-11(7)15)9-5-3-4-6-10(9)14/h3-6H,1-2H3. The van der Waals surface area contributed by atoms with Crippen LogP contribution in [-0.4, -0.2) is 19.8 Å². The fourth-order valence-corrected chi connectivity index (χ4v) is 2.34. The number of benzene rings is 1. The van der Waals surface area contributed by atoms with E-state index in [0.717, 1.165) is 16.7 Å². The summed E-state index contributed by atoms with van der Waals surface area (Å²) in [5.74, 6) is 0.589. The van der Waals surface area contributed by atoms with E-state index in [1.165, 1.54) is 0 Å². The Labute approximate surface area is 120 Å². The van der Waals surface area contributed by atoms with Crippen molar-refractivity contribution in [3.63, 3.8) is 0 Å². The minimum absolute atomic E-state index is 0.443. The van der Waals surface area contributed by atoms with Crippen LogP contribution in [0.4, 0.5) is 0 Å². The van der Waals surface area contributed by atoms with E-state index in [-0.39, 0.29) is 0 Å². The van der Waals surface area contributed by atoms with E-state index in [1.807, 2.05) is 32.0 Å². The molecular weight excluding hydrogens is 283 g/mol. The fraction of sp³-hybridized carbons (Fsp3) is 0.154. The zero-order chi connectivity index (χ0) is 13.6. The maximum Gasteiger partial charge on any atom is 0.186 e. The van der Waals surface area contributed by atoms with Crippen molar-refractivity contribution < 1.29 is 0 Å². The first-order chi connectivity index (χ1) is 9.09. The van der Waals surface area contributed by atoms with Gasteiger partial charge in [-0.2, -0.15) is 9.61 Å². The number of rotatable bonds is 1. The molecule has 0 aliphatic heterocycles. The largest absolute Gasteiger partial charge is 0.191 e. The Kier molecular flexibility index (Phi) is 2.92. The predicted molar refractivity (Wildman–Crippen MR) is 75.7 cm³/mol. The molecule has 0 amide bonds. The Hall–Kier alpha value is -1.65. The lowest BCUT2D eigenvalue weighted by Crippen LogP contribution is -2.00. The van der Waals surface area contributed by atoms with E-state index >= 15 is 0 Å². The zero-order valence-corrected chi connectivity index (χ0v) is 11.9. The third kappa shape index (κ3) is 1.88. The highest BCUT2D eigenvalue weighted by Crippen LogP contribution is 2.28. The van der Waals surface area contributed by atoms with E-state index in [0.29, 0.717) is 21.6 Å². The minimum Gasteiger partial charge on any atom is -0.191 e. The molecule has 19 heavy (non-hydrogen) atoms. The van der Waals surface area contributed by atoms with E-state index in [1.54, 1.807) is 10.6 Å². The lowest BCUT2D eigenvalue weighted by molar-refractivity contribution is 0.919. The van der Waals surface area contributed by atoms with Crippen LogP contribution in [0.25, 0.3) is 17.0 Å². The molecule has 3 aromatic rings. The maximum absolute atomic E-state index is 6.19. The van der Waals surface area contributed by atoms with E-state index in [9.17, 15) is 0 Å². The van der Waals surface area contributed by atoms with E-state index < -0.39 is 0 Å². The van der Waals surface area contributed by atoms with Gasteiger partial charge in [-0.25, -0.2) is 0 Å². The van der Waals surface area contributed by atoms with Gasteiger partial charge < -0.3 is 0 Å². The maximum atomic E-state index is 6.19. The van der Waals surface area contributed by atoms with Crippen molar-refractivity contribution in [3.05, 3.63) is 45.6 Å². The van der Waals surface area contributed by atoms with Gasteiger partial charge in [0.2, 0.25) is 0 Å². The monoisotopic (exact) mass is 292 g/mol. The predicted octanol–water partition coefficient (Wildman–Crippen LogP) is 3.71. The quantitative estimate of drug-likeness (QED) is 0.687. The average Bonchev–Trinajstić information content (AvgIpc) is 2.80. The van der Waals surface area contributed by atoms with Gasteiger partial charge in [-0.1, -0.05) is 35.3 Å². The zero-order valence-electron chi connectivity index (χ0n) is 10.4. The van der Waals surface area contributed by atoms with Gasteiger partial charge in [-0.3, -0.25) is 0 Å². The first-order valence-electron chi connectivity index (χ1n) is 5.72. The highest BCUT2D eigenvalue weighted by atomic mass is 35.5. The lowest BCUT2D eigenvalue weighted by Gasteiger charge is -2.05. The summed E-state index contributed by atoms with van der Waals surface area (Å²) >= 11 is 12.3. The molecule has 2 aromatic heterocycles. The van der Waals surface area contributed by atoms with Gasteiger partial charge in [0, 0.05) is 11.1 Å². The Balaban J connectivity index is 2.36. The first kappa shape index (κ1) is 12.4. The number of hydrogen-bond donors (Lipinski definition) is 0. The van der Waals surface area contributed by atoms with Crippen LogP contribution in [0, 0.1) is 13.8 Å². The molecule has 6 heteroatoms. The molecule has 0 atom stereocenters. The minimum atomic E-state index is 0.443. The fourth-order valence-electron chi connectivity index (χ4n) is 1.90. The van der Waals surface area contributed by atoms with Crippen molar-refractivity contribution in [2.75, 3.05) is 0 Å². The second-order valence-electron chi connectivity index (χ2n) is 4.28. The van der Waals surface area contributed by atoms with Crippen LogP contribution >= 0.6 is 23.2 Å². The summed E-state index contributed by atoms with van der Waals surface area (Å²) < 4.78 is 1.63. The Morgan fingerprint density at radius 1 is 1.00 bits per heavy atom. The van der Waals surface area contributed by atoms with Crippen molar-refractivity contribution in [1.82, 2.24) is 19.8 Å². The number of fused-ring (bicyclic) bond motifs is 1. The van der Waals surface area contributed by atoms with Crippen molar-refractivity contribution >= 4 is 28.8 Å². The molecule has 1 aromatic carbocycles. The highest BCUT2D eigenvalue weighted by molar-refractivity contribution is 6.33. The van der Waals surface area contributed by atoms with Crippen LogP contribution in [0.2, 0.25) is 10.2 Å². The van der Waals surface area contributed by atoms with Gasteiger partial charge in [0.1, 0.15) is 0 Å². The van der Waals surface area contributed by atoms with E-state index in [2.05, 4.69) is 15.3 Å². The van der Waals surface area contributed by atoms with Crippen molar-refractivity contribution in [1.29, 1.82) is 0 Å². The average molecular weight is 293 g/mol. The third-order valence-electron chi connectivity index (χ3n) is 3.15. The molecule has 0 aliphatic carbocycles. The van der Waals surface area contributed by atoms with Crippen molar-refractivity contribution in [2.45, 2.75) is 13.8 Å². The third-order valence-corrected chi connectivity index (χ3v) is 3.84. The Morgan fingerprint density at radius 2 is 1.74 bits per heavy atom. The summed E-state index contributed by atoms with van der Waals surface area (Å²) in [6, 6.07) is 7.44. The van der Waals surface area contributed by atoms with Crippen LogP contribution in [0.5, 0.6) is 0 Å². The molecular formula is C13H10Cl2N4. The van der Waals surface area contributed by atoms with Gasteiger partial charge in [0.05, 0.1) is 5.02 Å². The molecule has 2 heterocycles. The molecule has 4 nitrogen and oxygen atoms in total. The molecule has 0 radical (unpaired) electrons. The number of aromatic nitrogens is 4. The molecule has 96 valence electrons.